The maximum absolute atomic E-state index is 13.1. The van der Waals surface area contributed by atoms with Crippen LogP contribution in [0.15, 0.2) is 54.9 Å². The van der Waals surface area contributed by atoms with Crippen molar-refractivity contribution in [3.63, 3.8) is 0 Å². The zero-order chi connectivity index (χ0) is 21.5. The van der Waals surface area contributed by atoms with E-state index in [9.17, 15) is 4.79 Å². The molecule has 6 rings (SSSR count). The van der Waals surface area contributed by atoms with Gasteiger partial charge in [-0.1, -0.05) is 36.4 Å². The molecule has 0 unspecified atom stereocenters. The van der Waals surface area contributed by atoms with Crippen LogP contribution in [0, 0.1) is 0 Å². The van der Waals surface area contributed by atoms with Gasteiger partial charge in [-0.25, -0.2) is 9.67 Å². The SMILES string of the molecule is O=C(c1ccc(-c2ncnn2C2CC2)cc1)N1CCC(N2CCc3ccccc3C2)CC1. The lowest BCUT2D eigenvalue weighted by Gasteiger charge is -2.40. The van der Waals surface area contributed by atoms with Crippen molar-refractivity contribution in [2.75, 3.05) is 19.6 Å². The lowest BCUT2D eigenvalue weighted by Crippen LogP contribution is -2.48. The molecule has 164 valence electrons. The van der Waals surface area contributed by atoms with Gasteiger partial charge < -0.3 is 4.90 Å². The summed E-state index contributed by atoms with van der Waals surface area (Å²) < 4.78 is 2.01. The largest absolute Gasteiger partial charge is 0.339 e. The van der Waals surface area contributed by atoms with E-state index in [4.69, 9.17) is 0 Å². The Morgan fingerprint density at radius 1 is 0.844 bits per heavy atom. The Morgan fingerprint density at radius 2 is 1.59 bits per heavy atom. The summed E-state index contributed by atoms with van der Waals surface area (Å²) in [7, 11) is 0. The molecule has 3 aliphatic rings. The summed E-state index contributed by atoms with van der Waals surface area (Å²) in [6.45, 7) is 3.84. The van der Waals surface area contributed by atoms with Gasteiger partial charge in [0.25, 0.3) is 5.91 Å². The van der Waals surface area contributed by atoms with Crippen molar-refractivity contribution in [2.24, 2.45) is 0 Å². The van der Waals surface area contributed by atoms with E-state index < -0.39 is 0 Å². The van der Waals surface area contributed by atoms with E-state index in [0.29, 0.717) is 12.1 Å². The van der Waals surface area contributed by atoms with Crippen LogP contribution in [0.4, 0.5) is 0 Å². The fourth-order valence-corrected chi connectivity index (χ4v) is 5.25. The predicted molar refractivity (Wildman–Crippen MR) is 123 cm³/mol. The van der Waals surface area contributed by atoms with Crippen LogP contribution < -0.4 is 0 Å². The van der Waals surface area contributed by atoms with Crippen LogP contribution in [-0.2, 0) is 13.0 Å². The first-order chi connectivity index (χ1) is 15.8. The summed E-state index contributed by atoms with van der Waals surface area (Å²) in [5, 5.41) is 4.37. The van der Waals surface area contributed by atoms with Gasteiger partial charge in [0.1, 0.15) is 6.33 Å². The van der Waals surface area contributed by atoms with Crippen LogP contribution in [-0.4, -0.2) is 56.1 Å². The summed E-state index contributed by atoms with van der Waals surface area (Å²) in [6.07, 6.45) is 7.21. The fraction of sp³-hybridized carbons (Fsp3) is 0.423. The molecule has 2 aliphatic heterocycles. The molecule has 2 aromatic carbocycles. The van der Waals surface area contributed by atoms with Gasteiger partial charge in [-0.05, 0) is 55.4 Å². The highest BCUT2D eigenvalue weighted by atomic mass is 16.2. The van der Waals surface area contributed by atoms with Crippen molar-refractivity contribution in [1.29, 1.82) is 0 Å². The first-order valence-electron chi connectivity index (χ1n) is 11.9. The Balaban J connectivity index is 1.08. The Hall–Kier alpha value is -2.99. The van der Waals surface area contributed by atoms with Crippen LogP contribution >= 0.6 is 0 Å². The van der Waals surface area contributed by atoms with Gasteiger partial charge in [0.15, 0.2) is 5.82 Å². The smallest absolute Gasteiger partial charge is 0.253 e. The maximum Gasteiger partial charge on any atom is 0.253 e. The number of hydrogen-bond acceptors (Lipinski definition) is 4. The molecule has 0 N–H and O–H groups in total. The van der Waals surface area contributed by atoms with Crippen LogP contribution in [0.25, 0.3) is 11.4 Å². The van der Waals surface area contributed by atoms with Gasteiger partial charge in [0.2, 0.25) is 0 Å². The number of benzene rings is 2. The molecule has 1 aromatic heterocycles. The lowest BCUT2D eigenvalue weighted by atomic mass is 9.95. The van der Waals surface area contributed by atoms with Gasteiger partial charge in [-0.15, -0.1) is 0 Å². The number of hydrogen-bond donors (Lipinski definition) is 0. The number of fused-ring (bicyclic) bond motifs is 1. The van der Waals surface area contributed by atoms with Crippen molar-refractivity contribution < 1.29 is 4.79 Å². The fourth-order valence-electron chi connectivity index (χ4n) is 5.25. The molecule has 0 spiro atoms. The van der Waals surface area contributed by atoms with E-state index >= 15 is 0 Å². The first kappa shape index (κ1) is 19.7. The zero-order valence-corrected chi connectivity index (χ0v) is 18.4. The standard InChI is InChI=1S/C26H29N5O/c32-26(21-7-5-20(6-8-21)25-27-18-28-31(25)24-9-10-24)29-15-12-23(13-16-29)30-14-11-19-3-1-2-4-22(19)17-30/h1-8,18,23-24H,9-17H2. The summed E-state index contributed by atoms with van der Waals surface area (Å²) in [6, 6.07) is 17.8. The number of nitrogens with zero attached hydrogens (tertiary/aromatic N) is 5. The summed E-state index contributed by atoms with van der Waals surface area (Å²) in [4.78, 5) is 22.2. The van der Waals surface area contributed by atoms with Gasteiger partial charge in [-0.3, -0.25) is 9.69 Å². The lowest BCUT2D eigenvalue weighted by molar-refractivity contribution is 0.0599. The second kappa shape index (κ2) is 8.17. The molecule has 1 saturated heterocycles. The van der Waals surface area contributed by atoms with Gasteiger partial charge >= 0.3 is 0 Å². The molecular weight excluding hydrogens is 398 g/mol. The molecule has 6 heteroatoms. The highest BCUT2D eigenvalue weighted by Gasteiger charge is 2.30. The second-order valence-corrected chi connectivity index (χ2v) is 9.35. The number of amides is 1. The third kappa shape index (κ3) is 3.73. The van der Waals surface area contributed by atoms with Crippen LogP contribution in [0.1, 0.15) is 53.2 Å². The molecule has 1 aliphatic carbocycles. The molecule has 1 saturated carbocycles. The molecule has 0 bridgehead atoms. The monoisotopic (exact) mass is 427 g/mol. The van der Waals surface area contributed by atoms with E-state index in [1.165, 1.54) is 24.0 Å². The molecule has 32 heavy (non-hydrogen) atoms. The van der Waals surface area contributed by atoms with E-state index in [-0.39, 0.29) is 5.91 Å². The average Bonchev–Trinajstić information content (AvgIpc) is 3.59. The molecule has 3 aromatic rings. The average molecular weight is 428 g/mol. The maximum atomic E-state index is 13.1. The van der Waals surface area contributed by atoms with E-state index in [1.54, 1.807) is 6.33 Å². The minimum Gasteiger partial charge on any atom is -0.339 e. The second-order valence-electron chi connectivity index (χ2n) is 9.35. The van der Waals surface area contributed by atoms with Crippen LogP contribution in [0.3, 0.4) is 0 Å². The molecule has 6 nitrogen and oxygen atoms in total. The van der Waals surface area contributed by atoms with Crippen LogP contribution in [0.5, 0.6) is 0 Å². The Labute approximate surface area is 188 Å². The van der Waals surface area contributed by atoms with Gasteiger partial charge in [0.05, 0.1) is 6.04 Å². The van der Waals surface area contributed by atoms with Crippen molar-refractivity contribution in [3.8, 4) is 11.4 Å². The van der Waals surface area contributed by atoms with E-state index in [1.807, 2.05) is 33.8 Å². The summed E-state index contributed by atoms with van der Waals surface area (Å²) in [5.41, 5.74) is 4.75. The molecular formula is C26H29N5O. The molecule has 3 heterocycles. The van der Waals surface area contributed by atoms with Crippen molar-refractivity contribution in [3.05, 3.63) is 71.5 Å². The quantitative estimate of drug-likeness (QED) is 0.633. The third-order valence-corrected chi connectivity index (χ3v) is 7.28. The van der Waals surface area contributed by atoms with Crippen molar-refractivity contribution in [2.45, 2.75) is 50.7 Å². The Bertz CT molecular complexity index is 1110. The summed E-state index contributed by atoms with van der Waals surface area (Å²) in [5.74, 6) is 1.04. The predicted octanol–water partition coefficient (Wildman–Crippen LogP) is 3.94. The van der Waals surface area contributed by atoms with Crippen molar-refractivity contribution in [1.82, 2.24) is 24.6 Å². The Morgan fingerprint density at radius 3 is 2.34 bits per heavy atom. The molecule has 0 radical (unpaired) electrons. The third-order valence-electron chi connectivity index (χ3n) is 7.28. The summed E-state index contributed by atoms with van der Waals surface area (Å²) >= 11 is 0. The number of aromatic nitrogens is 3. The minimum absolute atomic E-state index is 0.141. The van der Waals surface area contributed by atoms with Gasteiger partial charge in [-0.2, -0.15) is 5.10 Å². The Kier molecular flexibility index (Phi) is 5.02. The molecule has 0 atom stereocenters. The number of carbonyl (C=O) groups is 1. The van der Waals surface area contributed by atoms with Gasteiger partial charge in [0, 0.05) is 43.3 Å². The number of rotatable bonds is 4. The highest BCUT2D eigenvalue weighted by molar-refractivity contribution is 5.94. The number of piperidine rings is 1. The highest BCUT2D eigenvalue weighted by Crippen LogP contribution is 2.37. The topological polar surface area (TPSA) is 54.3 Å². The first-order valence-corrected chi connectivity index (χ1v) is 11.9. The minimum atomic E-state index is 0.141. The van der Waals surface area contributed by atoms with Crippen LogP contribution in [0.2, 0.25) is 0 Å². The molecule has 2 fully saturated rings. The van der Waals surface area contributed by atoms with Crippen molar-refractivity contribution >= 4 is 5.91 Å². The van der Waals surface area contributed by atoms with E-state index in [2.05, 4.69) is 39.2 Å². The zero-order valence-electron chi connectivity index (χ0n) is 18.4. The normalized spacial score (nSPS) is 19.7. The number of carbonyl (C=O) groups excluding carboxylic acids is 1. The van der Waals surface area contributed by atoms with E-state index in [0.717, 1.165) is 62.4 Å². The number of likely N-dealkylation sites (tertiary alicyclic amines) is 1. The molecule has 1 amide bonds.